The maximum Gasteiger partial charge on any atom is 0.323 e. The van der Waals surface area contributed by atoms with Gasteiger partial charge in [-0.25, -0.2) is 24.4 Å². The zero-order valence-electron chi connectivity index (χ0n) is 23.2. The molecule has 0 saturated carbocycles. The molecule has 0 aliphatic carbocycles. The molecule has 0 spiro atoms. The lowest BCUT2D eigenvalue weighted by molar-refractivity contribution is -0.144. The third-order valence-electron chi connectivity index (χ3n) is 6.35. The number of fused-ring (bicyclic) bond motifs is 1. The van der Waals surface area contributed by atoms with Crippen molar-refractivity contribution in [1.29, 1.82) is 0 Å². The molecule has 0 bridgehead atoms. The number of nitrogens with one attached hydrogen (secondary N) is 1. The molecule has 41 heavy (non-hydrogen) atoms. The summed E-state index contributed by atoms with van der Waals surface area (Å²) in [7, 11) is 3.62. The number of esters is 1. The Morgan fingerprint density at radius 2 is 2.07 bits per heavy atom. The smallest absolute Gasteiger partial charge is 0.323 e. The van der Waals surface area contributed by atoms with Crippen LogP contribution in [-0.2, 0) is 30.6 Å². The molecule has 2 aromatic heterocycles. The molecule has 4 rings (SSSR count). The topological polar surface area (TPSA) is 133 Å². The first-order chi connectivity index (χ1) is 19.4. The van der Waals surface area contributed by atoms with Gasteiger partial charge < -0.3 is 28.5 Å². The lowest BCUT2D eigenvalue weighted by Crippen LogP contribution is -2.48. The van der Waals surface area contributed by atoms with Crippen molar-refractivity contribution >= 4 is 53.0 Å². The number of aliphatic hydroxyl groups excluding tert-OH is 1. The molecule has 224 valence electrons. The average Bonchev–Trinajstić information content (AvgIpc) is 3.46. The summed E-state index contributed by atoms with van der Waals surface area (Å²) >= 11 is 12.0. The normalized spacial score (nSPS) is 24.6. The molecule has 6 atom stereocenters. The fourth-order valence-corrected chi connectivity index (χ4v) is 7.00. The molecule has 1 aliphatic rings. The minimum absolute atomic E-state index is 0.173. The van der Waals surface area contributed by atoms with Gasteiger partial charge in [-0.3, -0.25) is 9.36 Å². The van der Waals surface area contributed by atoms with Crippen LogP contribution in [0, 0.1) is 6.92 Å². The van der Waals surface area contributed by atoms with E-state index < -0.39 is 49.4 Å². The number of rotatable bonds is 12. The Morgan fingerprint density at radius 3 is 2.71 bits per heavy atom. The van der Waals surface area contributed by atoms with Crippen LogP contribution in [0.2, 0.25) is 0 Å². The minimum Gasteiger partial charge on any atom is -0.465 e. The van der Waals surface area contributed by atoms with Gasteiger partial charge in [-0.2, -0.15) is 0 Å². The van der Waals surface area contributed by atoms with Gasteiger partial charge in [-0.1, -0.05) is 18.2 Å². The number of carbonyl (C=O) groups excluding carboxylic acids is 1. The summed E-state index contributed by atoms with van der Waals surface area (Å²) < 4.78 is 40.4. The first-order valence-electron chi connectivity index (χ1n) is 12.8. The average molecular weight is 631 g/mol. The second-order valence-electron chi connectivity index (χ2n) is 9.69. The van der Waals surface area contributed by atoms with Crippen molar-refractivity contribution in [2.24, 2.45) is 0 Å². The highest BCUT2D eigenvalue weighted by molar-refractivity contribution is 8.09. The minimum atomic E-state index is -3.51. The quantitative estimate of drug-likeness (QED) is 0.173. The Balaban J connectivity index is 1.62. The molecule has 0 unspecified atom stereocenters. The standard InChI is InChI=1S/C25H33ClFN6O6PS/c1-6-36-24(35)15(2)31-40(41,39-17-10-8-7-9-11-17)37-13-25(12-26)20(34)18(27)23(38-25)33-14-28-19-21(32(4)5)29-16(3)30-22(19)33/h7-11,14-15,18,20,23,34H,6,12-13H2,1-5H3,(H,31,41)/t15-,18-,20+,23-,25-,40+/m1/s1. The number of ether oxygens (including phenoxy) is 2. The number of hydrogen-bond donors (Lipinski definition) is 2. The number of aliphatic hydroxyl groups is 1. The molecule has 1 aromatic carbocycles. The Labute approximate surface area is 247 Å². The first-order valence-corrected chi connectivity index (χ1v) is 16.0. The third kappa shape index (κ3) is 6.64. The molecule has 0 amide bonds. The molecule has 3 aromatic rings. The molecule has 1 aliphatic heterocycles. The summed E-state index contributed by atoms with van der Waals surface area (Å²) in [5.74, 6) is 0.474. The van der Waals surface area contributed by atoms with E-state index in [0.717, 1.165) is 0 Å². The van der Waals surface area contributed by atoms with E-state index in [2.05, 4.69) is 20.0 Å². The van der Waals surface area contributed by atoms with Crippen LogP contribution >= 0.6 is 18.2 Å². The number of halogens is 2. The van der Waals surface area contributed by atoms with Gasteiger partial charge in [0, 0.05) is 14.1 Å². The molecule has 1 fully saturated rings. The summed E-state index contributed by atoms with van der Waals surface area (Å²) in [6, 6.07) is 7.74. The van der Waals surface area contributed by atoms with Crippen LogP contribution in [0.15, 0.2) is 36.7 Å². The van der Waals surface area contributed by atoms with Crippen molar-refractivity contribution < 1.29 is 32.8 Å². The lowest BCUT2D eigenvalue weighted by Gasteiger charge is -2.33. The highest BCUT2D eigenvalue weighted by atomic mass is 35.5. The Hall–Kier alpha value is -2.45. The summed E-state index contributed by atoms with van der Waals surface area (Å²) in [4.78, 5) is 27.3. The fourth-order valence-electron chi connectivity index (χ4n) is 4.27. The maximum atomic E-state index is 15.8. The molecule has 3 heterocycles. The van der Waals surface area contributed by atoms with Crippen LogP contribution in [0.3, 0.4) is 0 Å². The van der Waals surface area contributed by atoms with E-state index in [4.69, 9.17) is 41.9 Å². The molecule has 0 radical (unpaired) electrons. The number of nitrogens with zero attached hydrogens (tertiary/aromatic N) is 5. The molecular formula is C25H33ClFN6O6PS. The van der Waals surface area contributed by atoms with Gasteiger partial charge in [0.1, 0.15) is 29.3 Å². The van der Waals surface area contributed by atoms with E-state index in [1.54, 1.807) is 56.0 Å². The van der Waals surface area contributed by atoms with Gasteiger partial charge in [-0.05, 0) is 44.7 Å². The second kappa shape index (κ2) is 12.8. The Kier molecular flexibility index (Phi) is 9.85. The lowest BCUT2D eigenvalue weighted by atomic mass is 9.99. The predicted molar refractivity (Wildman–Crippen MR) is 155 cm³/mol. The Morgan fingerprint density at radius 1 is 1.37 bits per heavy atom. The van der Waals surface area contributed by atoms with Crippen LogP contribution in [-0.4, -0.2) is 87.7 Å². The fraction of sp³-hybridized carbons (Fsp3) is 0.520. The van der Waals surface area contributed by atoms with Crippen LogP contribution in [0.25, 0.3) is 11.2 Å². The SMILES string of the molecule is CCOC(=O)[C@@H](C)N[P@](=S)(OC[C@@]1(CCl)O[C@@H](n2cnc3c(N(C)C)nc(C)nc32)[C@H](F)[C@@H]1O)Oc1ccccc1. The molecule has 12 nitrogen and oxygen atoms in total. The predicted octanol–water partition coefficient (Wildman–Crippen LogP) is 3.27. The summed E-state index contributed by atoms with van der Waals surface area (Å²) in [5, 5.41) is 14.0. The van der Waals surface area contributed by atoms with Gasteiger partial charge >= 0.3 is 12.6 Å². The van der Waals surface area contributed by atoms with Crippen LogP contribution in [0.1, 0.15) is 25.9 Å². The van der Waals surface area contributed by atoms with Gasteiger partial charge in [0.15, 0.2) is 29.4 Å². The van der Waals surface area contributed by atoms with Crippen molar-refractivity contribution in [2.45, 2.75) is 50.9 Å². The number of para-hydroxylation sites is 1. The maximum absolute atomic E-state index is 15.8. The van der Waals surface area contributed by atoms with Gasteiger partial charge in [-0.15, -0.1) is 11.6 Å². The summed E-state index contributed by atoms with van der Waals surface area (Å²) in [6.07, 6.45) is -3.58. The highest BCUT2D eigenvalue weighted by Crippen LogP contribution is 2.49. The van der Waals surface area contributed by atoms with Gasteiger partial charge in [0.05, 0.1) is 25.4 Å². The summed E-state index contributed by atoms with van der Waals surface area (Å²) in [6.45, 7) is 1.16. The zero-order chi connectivity index (χ0) is 29.9. The monoisotopic (exact) mass is 630 g/mol. The number of aromatic nitrogens is 4. The van der Waals surface area contributed by atoms with Crippen molar-refractivity contribution in [3.63, 3.8) is 0 Å². The second-order valence-corrected chi connectivity index (χ2v) is 13.1. The number of imidazole rings is 1. The third-order valence-corrected chi connectivity index (χ3v) is 9.28. The van der Waals surface area contributed by atoms with Crippen LogP contribution in [0.5, 0.6) is 5.75 Å². The highest BCUT2D eigenvalue weighted by Gasteiger charge is 2.57. The number of alkyl halides is 2. The largest absolute Gasteiger partial charge is 0.465 e. The van der Waals surface area contributed by atoms with E-state index in [0.29, 0.717) is 28.6 Å². The molecule has 1 saturated heterocycles. The number of carbonyl (C=O) groups is 1. The van der Waals surface area contributed by atoms with Crippen LogP contribution in [0.4, 0.5) is 10.2 Å². The molecule has 2 N–H and O–H groups in total. The molecular weight excluding hydrogens is 598 g/mol. The van der Waals surface area contributed by atoms with Crippen molar-refractivity contribution in [3.05, 3.63) is 42.5 Å². The molecule has 16 heteroatoms. The number of hydrogen-bond acceptors (Lipinski definition) is 11. The Bertz CT molecular complexity index is 1420. The van der Waals surface area contributed by atoms with Crippen LogP contribution < -0.4 is 14.5 Å². The number of anilines is 1. The van der Waals surface area contributed by atoms with Gasteiger partial charge in [0.25, 0.3) is 0 Å². The van der Waals surface area contributed by atoms with E-state index in [1.165, 1.54) is 10.9 Å². The number of benzene rings is 1. The zero-order valence-corrected chi connectivity index (χ0v) is 25.7. The van der Waals surface area contributed by atoms with E-state index in [-0.39, 0.29) is 12.5 Å². The van der Waals surface area contributed by atoms with Crippen molar-refractivity contribution in [1.82, 2.24) is 24.6 Å². The summed E-state index contributed by atoms with van der Waals surface area (Å²) in [5.41, 5.74) is -0.961. The van der Waals surface area contributed by atoms with E-state index in [9.17, 15) is 9.90 Å². The van der Waals surface area contributed by atoms with Crippen molar-refractivity contribution in [3.8, 4) is 5.75 Å². The van der Waals surface area contributed by atoms with E-state index >= 15 is 4.39 Å². The number of aryl methyl sites for hydroxylation is 1. The van der Waals surface area contributed by atoms with Crippen molar-refractivity contribution in [2.75, 3.05) is 38.1 Å². The van der Waals surface area contributed by atoms with Gasteiger partial charge in [0.2, 0.25) is 0 Å². The first kappa shape index (κ1) is 31.5. The van der Waals surface area contributed by atoms with E-state index in [1.807, 2.05) is 14.1 Å².